The molecule has 0 bridgehead atoms. The molecule has 0 radical (unpaired) electrons. The summed E-state index contributed by atoms with van der Waals surface area (Å²) in [6, 6.07) is 16.2. The lowest BCUT2D eigenvalue weighted by atomic mass is 10.2. The number of nitrogens with zero attached hydrogens (tertiary/aromatic N) is 2. The SMILES string of the molecule is Cc1nn(-c2ccccc2)c(C)c1NC(=O)C[NH+](C)Cc1ccc(F)cc1. The number of nitrogens with one attached hydrogen (secondary N) is 2. The lowest BCUT2D eigenvalue weighted by Gasteiger charge is -2.14. The van der Waals surface area contributed by atoms with E-state index in [4.69, 9.17) is 0 Å². The summed E-state index contributed by atoms with van der Waals surface area (Å²) in [6.07, 6.45) is 0. The Hall–Kier alpha value is -2.99. The third-order valence-corrected chi connectivity index (χ3v) is 4.44. The number of amides is 1. The number of likely N-dealkylation sites (N-methyl/N-ethyl adjacent to an activating group) is 1. The van der Waals surface area contributed by atoms with Crippen LogP contribution in [0.25, 0.3) is 5.69 Å². The number of benzene rings is 2. The van der Waals surface area contributed by atoms with Crippen LogP contribution < -0.4 is 10.2 Å². The highest BCUT2D eigenvalue weighted by molar-refractivity contribution is 5.92. The molecule has 27 heavy (non-hydrogen) atoms. The van der Waals surface area contributed by atoms with Crippen LogP contribution in [0.15, 0.2) is 54.6 Å². The van der Waals surface area contributed by atoms with Gasteiger partial charge < -0.3 is 10.2 Å². The van der Waals surface area contributed by atoms with Crippen LogP contribution in [0.3, 0.4) is 0 Å². The van der Waals surface area contributed by atoms with E-state index in [0.717, 1.165) is 33.2 Å². The number of rotatable bonds is 6. The fraction of sp³-hybridized carbons (Fsp3) is 0.238. The molecule has 1 amide bonds. The van der Waals surface area contributed by atoms with Crippen molar-refractivity contribution in [3.63, 3.8) is 0 Å². The van der Waals surface area contributed by atoms with Crippen molar-refractivity contribution in [2.24, 2.45) is 0 Å². The van der Waals surface area contributed by atoms with Gasteiger partial charge >= 0.3 is 0 Å². The maximum Gasteiger partial charge on any atom is 0.279 e. The van der Waals surface area contributed by atoms with E-state index in [1.807, 2.05) is 55.9 Å². The molecule has 0 aliphatic heterocycles. The lowest BCUT2D eigenvalue weighted by molar-refractivity contribution is -0.885. The number of carbonyl (C=O) groups excluding carboxylic acids is 1. The van der Waals surface area contributed by atoms with Gasteiger partial charge in [0.2, 0.25) is 0 Å². The van der Waals surface area contributed by atoms with Crippen LogP contribution in [0, 0.1) is 19.7 Å². The summed E-state index contributed by atoms with van der Waals surface area (Å²) in [5.41, 5.74) is 4.37. The fourth-order valence-corrected chi connectivity index (χ4v) is 3.12. The summed E-state index contributed by atoms with van der Waals surface area (Å²) < 4.78 is 14.8. The largest absolute Gasteiger partial charge is 0.326 e. The molecular formula is C21H24FN4O+. The van der Waals surface area contributed by atoms with E-state index in [0.29, 0.717) is 13.1 Å². The van der Waals surface area contributed by atoms with Crippen LogP contribution in [-0.4, -0.2) is 29.3 Å². The number of aromatic nitrogens is 2. The maximum atomic E-state index is 13.0. The number of carbonyl (C=O) groups is 1. The zero-order chi connectivity index (χ0) is 19.4. The molecule has 0 spiro atoms. The van der Waals surface area contributed by atoms with Crippen molar-refractivity contribution in [1.29, 1.82) is 0 Å². The van der Waals surface area contributed by atoms with Crippen LogP contribution in [0.1, 0.15) is 17.0 Å². The van der Waals surface area contributed by atoms with Crippen LogP contribution in [0.4, 0.5) is 10.1 Å². The molecule has 1 aromatic heterocycles. The minimum absolute atomic E-state index is 0.0755. The summed E-state index contributed by atoms with van der Waals surface area (Å²) in [7, 11) is 1.94. The second-order valence-electron chi connectivity index (χ2n) is 6.78. The standard InChI is InChI=1S/C21H23FN4O/c1-15-21(16(2)26(24-15)19-7-5-4-6-8-19)23-20(27)14-25(3)13-17-9-11-18(22)12-10-17/h4-12H,13-14H2,1-3H3,(H,23,27)/p+1. The first kappa shape index (κ1) is 18.8. The Morgan fingerprint density at radius 1 is 1.11 bits per heavy atom. The number of para-hydroxylation sites is 1. The Bertz CT molecular complexity index is 919. The Kier molecular flexibility index (Phi) is 5.66. The van der Waals surface area contributed by atoms with E-state index in [1.165, 1.54) is 12.1 Å². The molecule has 0 aliphatic rings. The van der Waals surface area contributed by atoms with Crippen molar-refractivity contribution < 1.29 is 14.1 Å². The maximum absolute atomic E-state index is 13.0. The van der Waals surface area contributed by atoms with Gasteiger partial charge in [0.1, 0.15) is 12.4 Å². The van der Waals surface area contributed by atoms with Gasteiger partial charge in [0.15, 0.2) is 6.54 Å². The first-order valence-electron chi connectivity index (χ1n) is 8.91. The topological polar surface area (TPSA) is 51.4 Å². The van der Waals surface area contributed by atoms with Gasteiger partial charge in [0.05, 0.1) is 29.8 Å². The third kappa shape index (κ3) is 4.60. The van der Waals surface area contributed by atoms with Crippen LogP contribution >= 0.6 is 0 Å². The number of hydrogen-bond acceptors (Lipinski definition) is 2. The molecular weight excluding hydrogens is 343 g/mol. The van der Waals surface area contributed by atoms with Crippen molar-refractivity contribution in [3.05, 3.63) is 77.4 Å². The normalized spacial score (nSPS) is 12.0. The van der Waals surface area contributed by atoms with Gasteiger partial charge in [0, 0.05) is 5.56 Å². The molecule has 140 valence electrons. The zero-order valence-corrected chi connectivity index (χ0v) is 15.8. The average molecular weight is 367 g/mol. The average Bonchev–Trinajstić information content (AvgIpc) is 2.92. The van der Waals surface area contributed by atoms with Crippen molar-refractivity contribution in [2.45, 2.75) is 20.4 Å². The second kappa shape index (κ2) is 8.14. The molecule has 5 nitrogen and oxygen atoms in total. The molecule has 1 heterocycles. The minimum Gasteiger partial charge on any atom is -0.326 e. The van der Waals surface area contributed by atoms with Crippen molar-refractivity contribution in [3.8, 4) is 5.69 Å². The highest BCUT2D eigenvalue weighted by Crippen LogP contribution is 2.22. The van der Waals surface area contributed by atoms with Gasteiger partial charge in [-0.05, 0) is 38.1 Å². The predicted molar refractivity (Wildman–Crippen MR) is 104 cm³/mol. The summed E-state index contributed by atoms with van der Waals surface area (Å²) in [5, 5.41) is 7.54. The molecule has 2 N–H and O–H groups in total. The van der Waals surface area contributed by atoms with Gasteiger partial charge in [-0.25, -0.2) is 9.07 Å². The Balaban J connectivity index is 1.65. The van der Waals surface area contributed by atoms with Gasteiger partial charge in [-0.1, -0.05) is 30.3 Å². The zero-order valence-electron chi connectivity index (χ0n) is 15.8. The Labute approximate surface area is 158 Å². The van der Waals surface area contributed by atoms with Crippen LogP contribution in [0.2, 0.25) is 0 Å². The van der Waals surface area contributed by atoms with Crippen molar-refractivity contribution >= 4 is 11.6 Å². The summed E-state index contributed by atoms with van der Waals surface area (Å²) in [4.78, 5) is 13.5. The molecule has 0 saturated heterocycles. The molecule has 1 atom stereocenters. The van der Waals surface area contributed by atoms with E-state index in [9.17, 15) is 9.18 Å². The summed E-state index contributed by atoms with van der Waals surface area (Å²) >= 11 is 0. The molecule has 3 rings (SSSR count). The molecule has 3 aromatic rings. The van der Waals surface area contributed by atoms with E-state index in [1.54, 1.807) is 12.1 Å². The fourth-order valence-electron chi connectivity index (χ4n) is 3.12. The molecule has 0 aliphatic carbocycles. The Morgan fingerprint density at radius 2 is 1.78 bits per heavy atom. The van der Waals surface area contributed by atoms with E-state index >= 15 is 0 Å². The molecule has 2 aromatic carbocycles. The summed E-state index contributed by atoms with van der Waals surface area (Å²) in [5.74, 6) is -0.330. The predicted octanol–water partition coefficient (Wildman–Crippen LogP) is 2.28. The number of hydrogen-bond donors (Lipinski definition) is 2. The van der Waals surface area contributed by atoms with Gasteiger partial charge in [-0.15, -0.1) is 0 Å². The van der Waals surface area contributed by atoms with Crippen molar-refractivity contribution in [1.82, 2.24) is 9.78 Å². The Morgan fingerprint density at radius 3 is 2.44 bits per heavy atom. The van der Waals surface area contributed by atoms with E-state index in [2.05, 4.69) is 10.4 Å². The first-order chi connectivity index (χ1) is 12.9. The molecule has 0 saturated carbocycles. The first-order valence-corrected chi connectivity index (χ1v) is 8.91. The second-order valence-corrected chi connectivity index (χ2v) is 6.78. The minimum atomic E-state index is -0.254. The van der Waals surface area contributed by atoms with Crippen LogP contribution in [-0.2, 0) is 11.3 Å². The van der Waals surface area contributed by atoms with Gasteiger partial charge in [-0.3, -0.25) is 4.79 Å². The molecule has 6 heteroatoms. The van der Waals surface area contributed by atoms with E-state index in [-0.39, 0.29) is 11.7 Å². The third-order valence-electron chi connectivity index (χ3n) is 4.44. The highest BCUT2D eigenvalue weighted by Gasteiger charge is 2.17. The van der Waals surface area contributed by atoms with E-state index < -0.39 is 0 Å². The monoisotopic (exact) mass is 367 g/mol. The number of anilines is 1. The molecule has 1 unspecified atom stereocenters. The number of aryl methyl sites for hydroxylation is 1. The molecule has 0 fully saturated rings. The lowest BCUT2D eigenvalue weighted by Crippen LogP contribution is -3.08. The quantitative estimate of drug-likeness (QED) is 0.702. The smallest absolute Gasteiger partial charge is 0.279 e. The number of quaternary nitrogens is 1. The van der Waals surface area contributed by atoms with Gasteiger partial charge in [0.25, 0.3) is 5.91 Å². The van der Waals surface area contributed by atoms with Gasteiger partial charge in [-0.2, -0.15) is 5.10 Å². The van der Waals surface area contributed by atoms with Crippen molar-refractivity contribution in [2.75, 3.05) is 18.9 Å². The summed E-state index contributed by atoms with van der Waals surface area (Å²) in [6.45, 7) is 4.79. The highest BCUT2D eigenvalue weighted by atomic mass is 19.1. The number of halogens is 1. The van der Waals surface area contributed by atoms with Crippen LogP contribution in [0.5, 0.6) is 0 Å².